The van der Waals surface area contributed by atoms with E-state index in [0.717, 1.165) is 25.7 Å². The van der Waals surface area contributed by atoms with Crippen molar-refractivity contribution in [1.82, 2.24) is 0 Å². The first kappa shape index (κ1) is 16.4. The number of esters is 1. The molecule has 0 aliphatic heterocycles. The molecule has 4 nitrogen and oxygen atoms in total. The average molecular weight is 251 g/mol. The van der Waals surface area contributed by atoms with Crippen molar-refractivity contribution in [2.45, 2.75) is 39.0 Å². The Hall–Kier alpha value is -1.64. The summed E-state index contributed by atoms with van der Waals surface area (Å²) in [6.45, 7) is 2.09. The third kappa shape index (κ3) is 10.9. The Balaban J connectivity index is 4.13. The number of hydrogen-bond acceptors (Lipinski definition) is 4. The molecule has 0 aromatic carbocycles. The maximum atomic E-state index is 10.9. The van der Waals surface area contributed by atoms with Gasteiger partial charge in [0.2, 0.25) is 0 Å². The van der Waals surface area contributed by atoms with Gasteiger partial charge in [0.25, 0.3) is 0 Å². The fraction of sp³-hybridized carbons (Fsp3) is 0.500. The lowest BCUT2D eigenvalue weighted by atomic mass is 10.1. The number of carbonyl (C=O) groups excluding carboxylic acids is 2. The molecular formula is C14H21NO3. The Bertz CT molecular complexity index is 339. The predicted molar refractivity (Wildman–Crippen MR) is 71.4 cm³/mol. The molecule has 0 aliphatic rings. The summed E-state index contributed by atoms with van der Waals surface area (Å²) in [5.41, 5.74) is 5.41. The van der Waals surface area contributed by atoms with Crippen LogP contribution < -0.4 is 5.73 Å². The van der Waals surface area contributed by atoms with Crippen LogP contribution in [0.5, 0.6) is 0 Å². The molecule has 0 heterocycles. The van der Waals surface area contributed by atoms with Crippen LogP contribution in [0, 0.1) is 0 Å². The highest BCUT2D eigenvalue weighted by molar-refractivity contribution is 5.67. The summed E-state index contributed by atoms with van der Waals surface area (Å²) in [5, 5.41) is 0. The Morgan fingerprint density at radius 3 is 2.56 bits per heavy atom. The minimum Gasteiger partial charge on any atom is -0.431 e. The minimum absolute atomic E-state index is 0.331. The van der Waals surface area contributed by atoms with Crippen LogP contribution in [0.4, 0.5) is 0 Å². The van der Waals surface area contributed by atoms with Crippen LogP contribution in [0.1, 0.15) is 39.0 Å². The van der Waals surface area contributed by atoms with Crippen molar-refractivity contribution in [3.8, 4) is 0 Å². The molecule has 4 heteroatoms. The monoisotopic (exact) mass is 251 g/mol. The Morgan fingerprint density at radius 2 is 1.94 bits per heavy atom. The van der Waals surface area contributed by atoms with Gasteiger partial charge in [0.05, 0.1) is 0 Å². The van der Waals surface area contributed by atoms with Gasteiger partial charge in [0.1, 0.15) is 11.7 Å². The van der Waals surface area contributed by atoms with Crippen LogP contribution in [0.25, 0.3) is 0 Å². The number of allylic oxidation sites excluding steroid dienone is 5. The Labute approximate surface area is 108 Å². The van der Waals surface area contributed by atoms with E-state index in [9.17, 15) is 9.59 Å². The van der Waals surface area contributed by atoms with Gasteiger partial charge in [-0.05, 0) is 25.5 Å². The molecule has 0 saturated heterocycles. The van der Waals surface area contributed by atoms with Crippen molar-refractivity contribution in [2.75, 3.05) is 6.54 Å². The summed E-state index contributed by atoms with van der Waals surface area (Å²) < 4.78 is 5.07. The SMILES string of the molecule is CC(=O)O/C(=C/C=C\C=C=O)CCCCCCN. The molecule has 2 N–H and O–H groups in total. The molecule has 0 saturated carbocycles. The summed E-state index contributed by atoms with van der Waals surface area (Å²) >= 11 is 0. The number of ether oxygens (including phenoxy) is 1. The van der Waals surface area contributed by atoms with E-state index < -0.39 is 0 Å². The van der Waals surface area contributed by atoms with Crippen molar-refractivity contribution >= 4 is 11.9 Å². The van der Waals surface area contributed by atoms with E-state index in [-0.39, 0.29) is 5.97 Å². The summed E-state index contributed by atoms with van der Waals surface area (Å²) in [6, 6.07) is 0. The molecule has 0 spiro atoms. The van der Waals surface area contributed by atoms with E-state index in [1.165, 1.54) is 13.0 Å². The van der Waals surface area contributed by atoms with E-state index in [2.05, 4.69) is 0 Å². The van der Waals surface area contributed by atoms with Crippen LogP contribution in [0.2, 0.25) is 0 Å². The molecule has 0 atom stereocenters. The second-order valence-corrected chi connectivity index (χ2v) is 3.85. The van der Waals surface area contributed by atoms with Gasteiger partial charge in [0.15, 0.2) is 0 Å². The number of rotatable bonds is 9. The number of unbranched alkanes of at least 4 members (excludes halogenated alkanes) is 3. The van der Waals surface area contributed by atoms with Crippen molar-refractivity contribution < 1.29 is 14.3 Å². The third-order valence-electron chi connectivity index (χ3n) is 2.21. The lowest BCUT2D eigenvalue weighted by Crippen LogP contribution is -2.00. The van der Waals surface area contributed by atoms with Gasteiger partial charge >= 0.3 is 5.97 Å². The lowest BCUT2D eigenvalue weighted by molar-refractivity contribution is -0.137. The zero-order chi connectivity index (χ0) is 13.6. The van der Waals surface area contributed by atoms with E-state index in [1.807, 2.05) is 0 Å². The number of carbonyl (C=O) groups is 1. The average Bonchev–Trinajstić information content (AvgIpc) is 2.33. The van der Waals surface area contributed by atoms with Crippen molar-refractivity contribution in [3.05, 3.63) is 30.1 Å². The quantitative estimate of drug-likeness (QED) is 0.224. The summed E-state index contributed by atoms with van der Waals surface area (Å²) in [7, 11) is 0. The fourth-order valence-corrected chi connectivity index (χ4v) is 1.41. The second kappa shape index (κ2) is 11.8. The van der Waals surface area contributed by atoms with Crippen LogP contribution in [0.15, 0.2) is 30.1 Å². The number of nitrogens with two attached hydrogens (primary N) is 1. The minimum atomic E-state index is -0.331. The van der Waals surface area contributed by atoms with Crippen LogP contribution in [-0.4, -0.2) is 18.5 Å². The fourth-order valence-electron chi connectivity index (χ4n) is 1.41. The van der Waals surface area contributed by atoms with E-state index >= 15 is 0 Å². The highest BCUT2D eigenvalue weighted by Gasteiger charge is 2.01. The highest BCUT2D eigenvalue weighted by atomic mass is 16.5. The van der Waals surface area contributed by atoms with E-state index in [0.29, 0.717) is 18.7 Å². The van der Waals surface area contributed by atoms with Gasteiger partial charge in [-0.1, -0.05) is 25.0 Å². The first-order valence-corrected chi connectivity index (χ1v) is 6.16. The molecule has 0 rings (SSSR count). The zero-order valence-corrected chi connectivity index (χ0v) is 10.9. The smallest absolute Gasteiger partial charge is 0.307 e. The van der Waals surface area contributed by atoms with Crippen molar-refractivity contribution in [2.24, 2.45) is 5.73 Å². The van der Waals surface area contributed by atoms with Crippen molar-refractivity contribution in [1.29, 1.82) is 0 Å². The Morgan fingerprint density at radius 1 is 1.22 bits per heavy atom. The lowest BCUT2D eigenvalue weighted by Gasteiger charge is -2.06. The maximum absolute atomic E-state index is 10.9. The molecule has 100 valence electrons. The molecular weight excluding hydrogens is 230 g/mol. The summed E-state index contributed by atoms with van der Waals surface area (Å²) in [4.78, 5) is 20.9. The molecule has 0 unspecified atom stereocenters. The topological polar surface area (TPSA) is 69.4 Å². The van der Waals surface area contributed by atoms with Gasteiger partial charge in [-0.3, -0.25) is 4.79 Å². The van der Waals surface area contributed by atoms with Crippen molar-refractivity contribution in [3.63, 3.8) is 0 Å². The van der Waals surface area contributed by atoms with Crippen LogP contribution in [0.3, 0.4) is 0 Å². The first-order chi connectivity index (χ1) is 8.70. The molecule has 0 aromatic rings. The van der Waals surface area contributed by atoms with Gasteiger partial charge in [-0.15, -0.1) is 0 Å². The van der Waals surface area contributed by atoms with Gasteiger partial charge in [0, 0.05) is 19.4 Å². The second-order valence-electron chi connectivity index (χ2n) is 3.85. The molecule has 0 radical (unpaired) electrons. The van der Waals surface area contributed by atoms with Crippen LogP contribution >= 0.6 is 0 Å². The van der Waals surface area contributed by atoms with Gasteiger partial charge < -0.3 is 10.5 Å². The van der Waals surface area contributed by atoms with Gasteiger partial charge in [-0.2, -0.15) is 0 Å². The largest absolute Gasteiger partial charge is 0.431 e. The predicted octanol–water partition coefficient (Wildman–Crippen LogP) is 2.29. The molecule has 18 heavy (non-hydrogen) atoms. The highest BCUT2D eigenvalue weighted by Crippen LogP contribution is 2.12. The zero-order valence-electron chi connectivity index (χ0n) is 10.9. The summed E-state index contributed by atoms with van der Waals surface area (Å²) in [6.07, 6.45) is 11.0. The van der Waals surface area contributed by atoms with Crippen LogP contribution in [-0.2, 0) is 14.3 Å². The van der Waals surface area contributed by atoms with Gasteiger partial charge in [-0.25, -0.2) is 4.79 Å². The summed E-state index contributed by atoms with van der Waals surface area (Å²) in [5.74, 6) is 1.92. The maximum Gasteiger partial charge on any atom is 0.307 e. The molecule has 0 aliphatic carbocycles. The third-order valence-corrected chi connectivity index (χ3v) is 2.21. The molecule has 0 amide bonds. The molecule has 0 fully saturated rings. The molecule has 0 bridgehead atoms. The normalized spacial score (nSPS) is 11.3. The standard InChI is InChI=1S/C14H21NO3/c1-13(17)18-14(10-6-4-8-12-16)9-5-2-3-7-11-15/h4,6,8,10H,2-3,5,7,9,11,15H2,1H3/b6-4-,14-10+. The Kier molecular flexibility index (Phi) is 10.8. The first-order valence-electron chi connectivity index (χ1n) is 6.16. The number of hydrogen-bond donors (Lipinski definition) is 1. The molecule has 0 aromatic heterocycles. The van der Waals surface area contributed by atoms with E-state index in [4.69, 9.17) is 10.5 Å². The van der Waals surface area contributed by atoms with E-state index in [1.54, 1.807) is 24.2 Å².